The van der Waals surface area contributed by atoms with Crippen molar-refractivity contribution in [3.05, 3.63) is 40.4 Å². The summed E-state index contributed by atoms with van der Waals surface area (Å²) in [5, 5.41) is 3.73. The summed E-state index contributed by atoms with van der Waals surface area (Å²) in [7, 11) is -2.47. The van der Waals surface area contributed by atoms with Gasteiger partial charge in [0.05, 0.1) is 4.75 Å². The van der Waals surface area contributed by atoms with Gasteiger partial charge in [-0.3, -0.25) is 14.3 Å². The number of amides is 4. The molecule has 2 saturated carbocycles. The van der Waals surface area contributed by atoms with Crippen molar-refractivity contribution in [3.8, 4) is 27.4 Å². The van der Waals surface area contributed by atoms with Crippen LogP contribution in [0.5, 0.6) is 5.88 Å². The van der Waals surface area contributed by atoms with Gasteiger partial charge in [-0.05, 0) is 45.4 Å². The van der Waals surface area contributed by atoms with Crippen molar-refractivity contribution in [2.45, 2.75) is 93.1 Å². The minimum Gasteiger partial charge on any atom is -0.474 e. The fourth-order valence-corrected chi connectivity index (χ4v) is 9.52. The molecule has 3 aromatic rings. The summed E-state index contributed by atoms with van der Waals surface area (Å²) < 4.78 is 114. The number of thiazole rings is 2. The van der Waals surface area contributed by atoms with Crippen LogP contribution in [-0.4, -0.2) is 98.6 Å². The van der Waals surface area contributed by atoms with E-state index in [-0.39, 0.29) is 53.2 Å². The number of allylic oxidation sites excluding steroid dienone is 1. The van der Waals surface area contributed by atoms with E-state index >= 15 is 0 Å². The Balaban J connectivity index is 1.19. The predicted molar refractivity (Wildman–Crippen MR) is 193 cm³/mol. The third kappa shape index (κ3) is 8.45. The van der Waals surface area contributed by atoms with Crippen LogP contribution in [-0.2, 0) is 32.0 Å². The monoisotopic (exact) mass is 862 g/mol. The van der Waals surface area contributed by atoms with Gasteiger partial charge < -0.3 is 19.9 Å². The minimum absolute atomic E-state index is 0.0329. The lowest BCUT2D eigenvalue weighted by molar-refractivity contribution is -0.141. The molecule has 2 aliphatic heterocycles. The van der Waals surface area contributed by atoms with E-state index in [2.05, 4.69) is 30.0 Å². The highest BCUT2D eigenvalue weighted by Crippen LogP contribution is 2.47. The number of alkyl halides is 6. The molecule has 3 fully saturated rings. The van der Waals surface area contributed by atoms with Gasteiger partial charge in [-0.2, -0.15) is 31.3 Å². The molecule has 4 aliphatic rings. The molecule has 7 rings (SSSR count). The highest BCUT2D eigenvalue weighted by atomic mass is 32.2. The van der Waals surface area contributed by atoms with Crippen LogP contribution in [0.15, 0.2) is 29.0 Å². The van der Waals surface area contributed by atoms with E-state index in [1.54, 1.807) is 13.1 Å². The van der Waals surface area contributed by atoms with Crippen molar-refractivity contribution in [2.24, 2.45) is 5.92 Å². The molecule has 14 nitrogen and oxygen atoms in total. The Hall–Kier alpha value is -4.38. The number of carbonyl (C=O) groups is 3. The average Bonchev–Trinajstić information content (AvgIpc) is 3.85. The lowest BCUT2D eigenvalue weighted by Crippen LogP contribution is -2.61. The Morgan fingerprint density at radius 3 is 2.30 bits per heavy atom. The normalized spacial score (nSPS) is 26.1. The molecule has 5 heterocycles. The zero-order valence-electron chi connectivity index (χ0n) is 30.3. The quantitative estimate of drug-likeness (QED) is 0.224. The summed E-state index contributed by atoms with van der Waals surface area (Å²) in [4.78, 5) is 60.2. The van der Waals surface area contributed by atoms with Crippen LogP contribution in [0.25, 0.3) is 21.5 Å². The summed E-state index contributed by atoms with van der Waals surface area (Å²) in [5.41, 5.74) is -4.25. The van der Waals surface area contributed by atoms with Crippen LogP contribution < -0.4 is 14.8 Å². The van der Waals surface area contributed by atoms with E-state index in [4.69, 9.17) is 4.74 Å². The smallest absolute Gasteiger partial charge is 0.434 e. The first kappa shape index (κ1) is 40.8. The number of urea groups is 1. The van der Waals surface area contributed by atoms with E-state index < -0.39 is 80.0 Å². The number of nitrogens with zero attached hydrogens (tertiary/aromatic N) is 6. The lowest BCUT2D eigenvalue weighted by atomic mass is 9.97. The Labute approximate surface area is 330 Å². The molecule has 23 heteroatoms. The molecule has 308 valence electrons. The van der Waals surface area contributed by atoms with Crippen molar-refractivity contribution in [1.29, 1.82) is 0 Å². The first-order valence-corrected chi connectivity index (χ1v) is 21.1. The number of piperidine rings is 1. The van der Waals surface area contributed by atoms with Crippen LogP contribution in [0.3, 0.4) is 0 Å². The molecular weight excluding hydrogens is 827 g/mol. The van der Waals surface area contributed by atoms with Gasteiger partial charge in [0.25, 0.3) is 5.91 Å². The number of hydrogen-bond donors (Lipinski definition) is 2. The molecule has 3 aromatic heterocycles. The second-order valence-electron chi connectivity index (χ2n) is 14.7. The number of ether oxygens (including phenoxy) is 1. The Morgan fingerprint density at radius 2 is 1.65 bits per heavy atom. The standard InChI is InChI=1S/C34H36F6N8O6S3/c1-31(9-10-31)57(52,53)46-29(50)32-15-18(32)7-5-3-4-6-11-47(2)30(51)48-12-8-19(13-21(48)26(49)45-32)54-24-14-20(27-42-22(16-55-27)33(35,36)37)41-25(44-24)28-43-23(17-56-28)34(38,39)40/h5,7,14,16-19,21H,3-4,6,8-13,15H2,1-2H3,(H,45,49)(H,46,50)/b7-5+/t18-,19-,21-,32-/m0/s1. The van der Waals surface area contributed by atoms with Crippen molar-refractivity contribution < 1.29 is 53.9 Å². The van der Waals surface area contributed by atoms with Crippen LogP contribution in [0.4, 0.5) is 31.1 Å². The van der Waals surface area contributed by atoms with Gasteiger partial charge in [0.2, 0.25) is 21.8 Å². The van der Waals surface area contributed by atoms with Crippen molar-refractivity contribution in [2.75, 3.05) is 20.1 Å². The number of sulfonamides is 1. The van der Waals surface area contributed by atoms with E-state index in [9.17, 15) is 49.1 Å². The number of halogens is 6. The molecule has 4 atom stereocenters. The molecule has 0 radical (unpaired) electrons. The van der Waals surface area contributed by atoms with Gasteiger partial charge >= 0.3 is 18.4 Å². The third-order valence-corrected chi connectivity index (χ3v) is 14.4. The predicted octanol–water partition coefficient (Wildman–Crippen LogP) is 5.64. The molecule has 2 aliphatic carbocycles. The molecule has 1 saturated heterocycles. The molecule has 0 bridgehead atoms. The summed E-state index contributed by atoms with van der Waals surface area (Å²) in [6, 6.07) is -0.561. The van der Waals surface area contributed by atoms with Gasteiger partial charge in [-0.15, -0.1) is 22.7 Å². The fraction of sp³-hybridized carbons (Fsp3) is 0.559. The van der Waals surface area contributed by atoms with Gasteiger partial charge in [-0.25, -0.2) is 28.2 Å². The van der Waals surface area contributed by atoms with Gasteiger partial charge in [0.1, 0.15) is 28.4 Å². The van der Waals surface area contributed by atoms with Gasteiger partial charge in [0, 0.05) is 55.7 Å². The fourth-order valence-electron chi connectivity index (χ4n) is 6.66. The van der Waals surface area contributed by atoms with E-state index in [0.717, 1.165) is 17.2 Å². The van der Waals surface area contributed by atoms with Crippen molar-refractivity contribution >= 4 is 50.5 Å². The number of nitrogens with one attached hydrogen (secondary N) is 2. The molecule has 57 heavy (non-hydrogen) atoms. The molecule has 0 spiro atoms. The van der Waals surface area contributed by atoms with E-state index in [1.807, 2.05) is 6.08 Å². The number of rotatable bonds is 7. The topological polar surface area (TPSA) is 177 Å². The number of aromatic nitrogens is 4. The summed E-state index contributed by atoms with van der Waals surface area (Å²) in [5.74, 6) is -2.83. The average molecular weight is 863 g/mol. The molecule has 4 amide bonds. The zero-order valence-corrected chi connectivity index (χ0v) is 32.8. The summed E-state index contributed by atoms with van der Waals surface area (Å²) >= 11 is 1.15. The maximum atomic E-state index is 14.3. The van der Waals surface area contributed by atoms with Gasteiger partial charge in [0.15, 0.2) is 22.2 Å². The highest BCUT2D eigenvalue weighted by Gasteiger charge is 2.63. The zero-order chi connectivity index (χ0) is 41.1. The number of fused-ring (bicyclic) bond motifs is 2. The molecule has 2 N–H and O–H groups in total. The largest absolute Gasteiger partial charge is 0.474 e. The summed E-state index contributed by atoms with van der Waals surface area (Å²) in [6.07, 6.45) is -4.04. The van der Waals surface area contributed by atoms with E-state index in [1.165, 1.54) is 22.8 Å². The van der Waals surface area contributed by atoms with E-state index in [0.29, 0.717) is 54.9 Å². The second-order valence-corrected chi connectivity index (χ2v) is 18.7. The Morgan fingerprint density at radius 1 is 0.982 bits per heavy atom. The first-order chi connectivity index (χ1) is 26.7. The SMILES string of the molecule is CN1CCCC/C=C/[C@H]2C[C@]2(C(=O)NS(=O)(=O)C2(C)CC2)NC(=O)[C@@H]2C[C@@H](Oc3cc(-c4nc(C(F)(F)F)cs4)nc(-c4nc(C(F)(F)F)cs4)n3)CCN2C1=O. The summed E-state index contributed by atoms with van der Waals surface area (Å²) in [6.45, 7) is 1.88. The van der Waals surface area contributed by atoms with Crippen molar-refractivity contribution in [3.63, 3.8) is 0 Å². The van der Waals surface area contributed by atoms with Crippen LogP contribution >= 0.6 is 22.7 Å². The second kappa shape index (κ2) is 14.8. The van der Waals surface area contributed by atoms with Crippen LogP contribution in [0.1, 0.15) is 69.7 Å². The number of carbonyl (C=O) groups excluding carboxylic acids is 3. The Kier molecular flexibility index (Phi) is 10.6. The van der Waals surface area contributed by atoms with Crippen LogP contribution in [0.2, 0.25) is 0 Å². The maximum absolute atomic E-state index is 14.3. The lowest BCUT2D eigenvalue weighted by Gasteiger charge is -2.40. The Bertz CT molecular complexity index is 2140. The number of hydrogen-bond acceptors (Lipinski definition) is 12. The highest BCUT2D eigenvalue weighted by molar-refractivity contribution is 7.91. The van der Waals surface area contributed by atoms with Crippen molar-refractivity contribution in [1.82, 2.24) is 39.8 Å². The molecular formula is C34H36F6N8O6S3. The minimum atomic E-state index is -4.80. The first-order valence-electron chi connectivity index (χ1n) is 17.9. The third-order valence-electron chi connectivity index (χ3n) is 10.5. The molecule has 0 aromatic carbocycles. The van der Waals surface area contributed by atoms with Gasteiger partial charge in [-0.1, -0.05) is 12.2 Å². The van der Waals surface area contributed by atoms with Crippen LogP contribution in [0, 0.1) is 5.92 Å². The maximum Gasteiger partial charge on any atom is 0.434 e. The molecule has 0 unspecified atom stereocenters.